The molecule has 0 unspecified atom stereocenters. The molecule has 0 N–H and O–H groups in total. The Hall–Kier alpha value is -1.58. The summed E-state index contributed by atoms with van der Waals surface area (Å²) >= 11 is 0. The van der Waals surface area contributed by atoms with Crippen molar-refractivity contribution in [2.45, 2.75) is 84.2 Å². The number of hydrogen-bond donors (Lipinski definition) is 0. The Kier molecular flexibility index (Phi) is 5.07. The maximum Gasteiger partial charge on any atom is 0.410 e. The number of carbonyl (C=O) groups is 1. The van der Waals surface area contributed by atoms with E-state index in [1.54, 1.807) is 6.07 Å². The number of amides is 1. The normalized spacial score (nSPS) is 20.5. The number of carbonyl (C=O) groups excluding carboxylic acids is 1. The SMILES string of the molecule is CC(C)(C)OC(=O)N1CCC2(CC1)CC(c1cc(C(C)(C)C)ccc1F)C2. The Bertz CT molecular complexity index is 698. The van der Waals surface area contributed by atoms with Crippen LogP contribution in [0, 0.1) is 11.2 Å². The number of halogens is 1. The van der Waals surface area contributed by atoms with Crippen LogP contribution in [0.5, 0.6) is 0 Å². The van der Waals surface area contributed by atoms with Crippen LogP contribution in [0.4, 0.5) is 9.18 Å². The Morgan fingerprint density at radius 2 is 1.70 bits per heavy atom. The first-order valence-electron chi connectivity index (χ1n) is 10.2. The summed E-state index contributed by atoms with van der Waals surface area (Å²) in [7, 11) is 0. The molecule has 1 aromatic carbocycles. The molecular formula is C23H34FNO2. The van der Waals surface area contributed by atoms with Crippen molar-refractivity contribution >= 4 is 6.09 Å². The Morgan fingerprint density at radius 3 is 2.22 bits per heavy atom. The van der Waals surface area contributed by atoms with Gasteiger partial charge < -0.3 is 9.64 Å². The van der Waals surface area contributed by atoms with E-state index in [2.05, 4.69) is 26.8 Å². The summed E-state index contributed by atoms with van der Waals surface area (Å²) in [5.74, 6) is 0.231. The van der Waals surface area contributed by atoms with Gasteiger partial charge in [-0.05, 0) is 80.4 Å². The van der Waals surface area contributed by atoms with Crippen LogP contribution in [-0.2, 0) is 10.2 Å². The van der Waals surface area contributed by atoms with Crippen molar-refractivity contribution in [2.24, 2.45) is 5.41 Å². The molecule has 1 aromatic rings. The maximum absolute atomic E-state index is 14.4. The molecule has 0 atom stereocenters. The molecule has 1 aliphatic heterocycles. The van der Waals surface area contributed by atoms with Gasteiger partial charge in [0.2, 0.25) is 0 Å². The van der Waals surface area contributed by atoms with Crippen molar-refractivity contribution in [1.29, 1.82) is 0 Å². The van der Waals surface area contributed by atoms with Crippen LogP contribution in [0.15, 0.2) is 18.2 Å². The highest BCUT2D eigenvalue weighted by Crippen LogP contribution is 2.57. The zero-order chi connectivity index (χ0) is 20.0. The van der Waals surface area contributed by atoms with E-state index in [0.717, 1.165) is 44.3 Å². The molecule has 0 bridgehead atoms. The smallest absolute Gasteiger partial charge is 0.410 e. The fourth-order valence-electron chi connectivity index (χ4n) is 4.43. The summed E-state index contributed by atoms with van der Waals surface area (Å²) in [6, 6.07) is 5.61. The molecule has 150 valence electrons. The molecule has 0 aromatic heterocycles. The largest absolute Gasteiger partial charge is 0.444 e. The zero-order valence-corrected chi connectivity index (χ0v) is 17.7. The predicted molar refractivity (Wildman–Crippen MR) is 107 cm³/mol. The first kappa shape index (κ1) is 20.2. The number of hydrogen-bond acceptors (Lipinski definition) is 2. The molecule has 2 fully saturated rings. The van der Waals surface area contributed by atoms with Gasteiger partial charge in [-0.3, -0.25) is 0 Å². The van der Waals surface area contributed by atoms with E-state index in [9.17, 15) is 9.18 Å². The summed E-state index contributed by atoms with van der Waals surface area (Å²) in [5, 5.41) is 0. The number of piperidine rings is 1. The summed E-state index contributed by atoms with van der Waals surface area (Å²) in [6.45, 7) is 13.7. The fourth-order valence-corrected chi connectivity index (χ4v) is 4.43. The van der Waals surface area contributed by atoms with E-state index in [4.69, 9.17) is 4.74 Å². The van der Waals surface area contributed by atoms with Crippen molar-refractivity contribution in [3.8, 4) is 0 Å². The highest BCUT2D eigenvalue weighted by Gasteiger charge is 2.47. The highest BCUT2D eigenvalue weighted by atomic mass is 19.1. The van der Waals surface area contributed by atoms with Crippen LogP contribution in [0.1, 0.15) is 84.3 Å². The topological polar surface area (TPSA) is 29.5 Å². The van der Waals surface area contributed by atoms with Gasteiger partial charge >= 0.3 is 6.09 Å². The lowest BCUT2D eigenvalue weighted by Crippen LogP contribution is -2.49. The molecule has 1 spiro atoms. The molecule has 1 saturated carbocycles. The van der Waals surface area contributed by atoms with E-state index in [1.165, 1.54) is 5.56 Å². The quantitative estimate of drug-likeness (QED) is 0.601. The van der Waals surface area contributed by atoms with E-state index in [-0.39, 0.29) is 22.7 Å². The van der Waals surface area contributed by atoms with Crippen molar-refractivity contribution in [1.82, 2.24) is 4.90 Å². The highest BCUT2D eigenvalue weighted by molar-refractivity contribution is 5.68. The van der Waals surface area contributed by atoms with E-state index < -0.39 is 5.60 Å². The molecular weight excluding hydrogens is 341 g/mol. The minimum absolute atomic E-state index is 0.0304. The van der Waals surface area contributed by atoms with Gasteiger partial charge in [-0.15, -0.1) is 0 Å². The molecule has 0 radical (unpaired) electrons. The van der Waals surface area contributed by atoms with Crippen molar-refractivity contribution in [2.75, 3.05) is 13.1 Å². The van der Waals surface area contributed by atoms with Gasteiger partial charge in [0.25, 0.3) is 0 Å². The molecule has 1 heterocycles. The number of likely N-dealkylation sites (tertiary alicyclic amines) is 1. The van der Waals surface area contributed by atoms with Crippen LogP contribution in [0.2, 0.25) is 0 Å². The van der Waals surface area contributed by atoms with Crippen LogP contribution in [0.3, 0.4) is 0 Å². The van der Waals surface area contributed by atoms with Crippen molar-refractivity contribution < 1.29 is 13.9 Å². The molecule has 27 heavy (non-hydrogen) atoms. The third kappa shape index (κ3) is 4.47. The second-order valence-electron chi connectivity index (χ2n) is 10.6. The van der Waals surface area contributed by atoms with E-state index in [0.29, 0.717) is 5.92 Å². The Morgan fingerprint density at radius 1 is 1.11 bits per heavy atom. The van der Waals surface area contributed by atoms with Crippen molar-refractivity contribution in [3.05, 3.63) is 35.1 Å². The average Bonchev–Trinajstić information content (AvgIpc) is 2.50. The third-order valence-corrected chi connectivity index (χ3v) is 6.14. The Balaban J connectivity index is 1.60. The number of nitrogens with zero attached hydrogens (tertiary/aromatic N) is 1. The van der Waals surface area contributed by atoms with Gasteiger partial charge in [0.15, 0.2) is 0 Å². The number of ether oxygens (including phenoxy) is 1. The third-order valence-electron chi connectivity index (χ3n) is 6.14. The lowest BCUT2D eigenvalue weighted by atomic mass is 9.56. The molecule has 2 aliphatic rings. The second-order valence-corrected chi connectivity index (χ2v) is 10.6. The predicted octanol–water partition coefficient (Wildman–Crippen LogP) is 6.02. The zero-order valence-electron chi connectivity index (χ0n) is 17.7. The molecule has 4 heteroatoms. The van der Waals surface area contributed by atoms with Gasteiger partial charge in [0, 0.05) is 13.1 Å². The van der Waals surface area contributed by atoms with Gasteiger partial charge in [0.1, 0.15) is 11.4 Å². The minimum Gasteiger partial charge on any atom is -0.444 e. The molecule has 1 aliphatic carbocycles. The van der Waals surface area contributed by atoms with Crippen LogP contribution in [0.25, 0.3) is 0 Å². The maximum atomic E-state index is 14.4. The van der Waals surface area contributed by atoms with Crippen LogP contribution < -0.4 is 0 Å². The van der Waals surface area contributed by atoms with Gasteiger partial charge in [0.05, 0.1) is 0 Å². The summed E-state index contributed by atoms with van der Waals surface area (Å²) < 4.78 is 19.9. The van der Waals surface area contributed by atoms with Gasteiger partial charge in [-0.2, -0.15) is 0 Å². The minimum atomic E-state index is -0.455. The monoisotopic (exact) mass is 375 g/mol. The summed E-state index contributed by atoms with van der Waals surface area (Å²) in [4.78, 5) is 14.1. The number of benzene rings is 1. The van der Waals surface area contributed by atoms with Crippen LogP contribution in [-0.4, -0.2) is 29.7 Å². The van der Waals surface area contributed by atoms with Gasteiger partial charge in [-0.25, -0.2) is 9.18 Å². The second kappa shape index (κ2) is 6.79. The molecule has 1 amide bonds. The summed E-state index contributed by atoms with van der Waals surface area (Å²) in [5.41, 5.74) is 1.92. The van der Waals surface area contributed by atoms with Gasteiger partial charge in [-0.1, -0.05) is 32.9 Å². The molecule has 3 rings (SSSR count). The lowest BCUT2D eigenvalue weighted by molar-refractivity contribution is -0.0125. The molecule has 1 saturated heterocycles. The van der Waals surface area contributed by atoms with E-state index >= 15 is 0 Å². The van der Waals surface area contributed by atoms with Crippen molar-refractivity contribution in [3.63, 3.8) is 0 Å². The first-order chi connectivity index (χ1) is 12.4. The average molecular weight is 376 g/mol. The Labute approximate surface area is 163 Å². The fraction of sp³-hybridized carbons (Fsp3) is 0.696. The summed E-state index contributed by atoms with van der Waals surface area (Å²) in [6.07, 6.45) is 3.82. The molecule has 3 nitrogen and oxygen atoms in total. The standard InChI is InChI=1S/C23H34FNO2/c1-21(2,3)17-7-8-19(24)18(13-17)16-14-23(15-16)9-11-25(12-10-23)20(26)27-22(4,5)6/h7-8,13,16H,9-12,14-15H2,1-6H3. The van der Waals surface area contributed by atoms with E-state index in [1.807, 2.05) is 31.7 Å². The van der Waals surface area contributed by atoms with Crippen LogP contribution >= 0.6 is 0 Å². The lowest BCUT2D eigenvalue weighted by Gasteiger charge is -2.52. The first-order valence-corrected chi connectivity index (χ1v) is 10.2. The number of rotatable bonds is 1.